The Morgan fingerprint density at radius 2 is 1.61 bits per heavy atom. The first kappa shape index (κ1) is 23.5. The average molecular weight is 451 g/mol. The highest BCUT2D eigenvalue weighted by Crippen LogP contribution is 2.28. The van der Waals surface area contributed by atoms with Crippen LogP contribution < -0.4 is 10.2 Å². The predicted octanol–water partition coefficient (Wildman–Crippen LogP) is 2.06. The Kier molecular flexibility index (Phi) is 7.94. The molecule has 0 bridgehead atoms. The Morgan fingerprint density at radius 3 is 2.23 bits per heavy atom. The van der Waals surface area contributed by atoms with Gasteiger partial charge in [-0.2, -0.15) is 4.31 Å². The van der Waals surface area contributed by atoms with Gasteiger partial charge in [-0.15, -0.1) is 0 Å². The molecule has 2 saturated heterocycles. The van der Waals surface area contributed by atoms with E-state index in [1.807, 2.05) is 4.90 Å². The van der Waals surface area contributed by atoms with Crippen LogP contribution in [-0.2, 0) is 14.8 Å². The van der Waals surface area contributed by atoms with E-state index in [1.54, 1.807) is 26.0 Å². The molecule has 0 aliphatic carbocycles. The van der Waals surface area contributed by atoms with Crippen LogP contribution in [0.3, 0.4) is 0 Å². The molecule has 0 aromatic heterocycles. The van der Waals surface area contributed by atoms with Gasteiger partial charge in [0.1, 0.15) is 0 Å². The number of sulfonamides is 1. The second kappa shape index (κ2) is 10.5. The molecule has 0 radical (unpaired) electrons. The number of carbonyl (C=O) groups excluding carboxylic acids is 2. The van der Waals surface area contributed by atoms with Crippen LogP contribution in [0.2, 0.25) is 0 Å². The second-order valence-corrected chi connectivity index (χ2v) is 9.99. The lowest BCUT2D eigenvalue weighted by molar-refractivity contribution is -0.129. The van der Waals surface area contributed by atoms with E-state index in [1.165, 1.54) is 10.4 Å². The molecule has 0 spiro atoms. The van der Waals surface area contributed by atoms with Crippen LogP contribution in [0.5, 0.6) is 0 Å². The molecule has 0 unspecified atom stereocenters. The highest BCUT2D eigenvalue weighted by atomic mass is 32.2. The Morgan fingerprint density at radius 1 is 1.00 bits per heavy atom. The minimum Gasteiger partial charge on any atom is -0.371 e. The van der Waals surface area contributed by atoms with E-state index >= 15 is 0 Å². The van der Waals surface area contributed by atoms with E-state index in [0.29, 0.717) is 18.7 Å². The highest BCUT2D eigenvalue weighted by molar-refractivity contribution is 7.89. The monoisotopic (exact) mass is 450 g/mol. The zero-order valence-electron chi connectivity index (χ0n) is 18.6. The minimum absolute atomic E-state index is 0.0513. The van der Waals surface area contributed by atoms with Crippen LogP contribution >= 0.6 is 0 Å². The summed E-state index contributed by atoms with van der Waals surface area (Å²) in [6, 6.07) is 4.82. The van der Waals surface area contributed by atoms with Crippen molar-refractivity contribution in [1.29, 1.82) is 0 Å². The molecule has 9 heteroatoms. The summed E-state index contributed by atoms with van der Waals surface area (Å²) in [5.41, 5.74) is 1.10. The molecule has 1 aromatic rings. The van der Waals surface area contributed by atoms with Gasteiger partial charge in [-0.1, -0.05) is 13.8 Å². The Balaban J connectivity index is 1.79. The molecule has 3 rings (SSSR count). The summed E-state index contributed by atoms with van der Waals surface area (Å²) in [6.07, 6.45) is 4.41. The molecule has 2 amide bonds. The molecule has 2 fully saturated rings. The third kappa shape index (κ3) is 5.38. The quantitative estimate of drug-likeness (QED) is 0.622. The third-order valence-electron chi connectivity index (χ3n) is 6.09. The molecule has 2 aliphatic heterocycles. The number of benzene rings is 1. The van der Waals surface area contributed by atoms with Gasteiger partial charge in [0.25, 0.3) is 5.91 Å². The fourth-order valence-corrected chi connectivity index (χ4v) is 5.79. The smallest absolute Gasteiger partial charge is 0.253 e. The lowest BCUT2D eigenvalue weighted by atomic mass is 10.1. The lowest BCUT2D eigenvalue weighted by Crippen LogP contribution is -2.34. The first-order valence-corrected chi connectivity index (χ1v) is 12.8. The summed E-state index contributed by atoms with van der Waals surface area (Å²) in [7, 11) is -3.67. The van der Waals surface area contributed by atoms with Crippen LogP contribution in [0.25, 0.3) is 0 Å². The van der Waals surface area contributed by atoms with Gasteiger partial charge in [0.15, 0.2) is 0 Å². The summed E-state index contributed by atoms with van der Waals surface area (Å²) < 4.78 is 27.3. The molecular formula is C22H34N4O4S. The van der Waals surface area contributed by atoms with Crippen molar-refractivity contribution < 1.29 is 18.0 Å². The molecule has 172 valence electrons. The van der Waals surface area contributed by atoms with E-state index in [2.05, 4.69) is 10.2 Å². The maximum atomic E-state index is 13.0. The van der Waals surface area contributed by atoms with Gasteiger partial charge in [-0.05, 0) is 43.9 Å². The summed E-state index contributed by atoms with van der Waals surface area (Å²) in [4.78, 5) is 29.4. The van der Waals surface area contributed by atoms with Gasteiger partial charge in [-0.3, -0.25) is 9.59 Å². The zero-order chi connectivity index (χ0) is 22.4. The maximum absolute atomic E-state index is 13.0. The van der Waals surface area contributed by atoms with Crippen molar-refractivity contribution in [3.63, 3.8) is 0 Å². The van der Waals surface area contributed by atoms with Crippen molar-refractivity contribution in [2.45, 2.75) is 50.8 Å². The summed E-state index contributed by atoms with van der Waals surface area (Å²) in [6.45, 7) is 7.83. The van der Waals surface area contributed by atoms with Crippen LogP contribution in [0.15, 0.2) is 23.1 Å². The van der Waals surface area contributed by atoms with Crippen molar-refractivity contribution in [2.24, 2.45) is 0 Å². The number of rotatable bonds is 9. The van der Waals surface area contributed by atoms with Gasteiger partial charge < -0.3 is 15.1 Å². The van der Waals surface area contributed by atoms with Gasteiger partial charge in [0, 0.05) is 57.9 Å². The van der Waals surface area contributed by atoms with Gasteiger partial charge in [0.2, 0.25) is 15.9 Å². The van der Waals surface area contributed by atoms with Crippen molar-refractivity contribution in [3.8, 4) is 0 Å². The van der Waals surface area contributed by atoms with Gasteiger partial charge >= 0.3 is 0 Å². The van der Waals surface area contributed by atoms with Crippen LogP contribution in [0.1, 0.15) is 56.3 Å². The topological polar surface area (TPSA) is 90.0 Å². The van der Waals surface area contributed by atoms with Crippen molar-refractivity contribution in [3.05, 3.63) is 23.8 Å². The molecule has 2 aliphatic rings. The highest BCUT2D eigenvalue weighted by Gasteiger charge is 2.26. The second-order valence-electron chi connectivity index (χ2n) is 8.06. The minimum atomic E-state index is -3.67. The lowest BCUT2D eigenvalue weighted by Gasteiger charge is -2.23. The molecule has 1 aromatic carbocycles. The predicted molar refractivity (Wildman–Crippen MR) is 121 cm³/mol. The molecular weight excluding hydrogens is 416 g/mol. The first-order chi connectivity index (χ1) is 14.9. The number of anilines is 1. The molecule has 0 saturated carbocycles. The summed E-state index contributed by atoms with van der Waals surface area (Å²) >= 11 is 0. The number of likely N-dealkylation sites (tertiary alicyclic amines) is 1. The first-order valence-electron chi connectivity index (χ1n) is 11.3. The van der Waals surface area contributed by atoms with E-state index in [9.17, 15) is 18.0 Å². The number of nitrogens with zero attached hydrogens (tertiary/aromatic N) is 3. The number of amides is 2. The zero-order valence-corrected chi connectivity index (χ0v) is 19.4. The van der Waals surface area contributed by atoms with Crippen molar-refractivity contribution in [2.75, 3.05) is 50.7 Å². The number of carbonyl (C=O) groups is 2. The van der Waals surface area contributed by atoms with Crippen molar-refractivity contribution in [1.82, 2.24) is 14.5 Å². The largest absolute Gasteiger partial charge is 0.371 e. The Labute approximate surface area is 185 Å². The fourth-order valence-electron chi connectivity index (χ4n) is 4.31. The molecule has 31 heavy (non-hydrogen) atoms. The number of hydrogen-bond acceptors (Lipinski definition) is 5. The molecule has 2 heterocycles. The van der Waals surface area contributed by atoms with Crippen LogP contribution in [0.4, 0.5) is 5.69 Å². The average Bonchev–Trinajstić information content (AvgIpc) is 3.48. The molecule has 8 nitrogen and oxygen atoms in total. The van der Waals surface area contributed by atoms with Crippen LogP contribution in [-0.4, -0.2) is 75.3 Å². The van der Waals surface area contributed by atoms with E-state index in [4.69, 9.17) is 0 Å². The third-order valence-corrected chi connectivity index (χ3v) is 8.13. The number of hydrogen-bond donors (Lipinski definition) is 1. The Bertz CT molecular complexity index is 887. The van der Waals surface area contributed by atoms with Crippen molar-refractivity contribution >= 4 is 27.5 Å². The Hall–Kier alpha value is -2.13. The molecule has 0 atom stereocenters. The summed E-state index contributed by atoms with van der Waals surface area (Å²) in [5, 5.41) is 2.83. The fraction of sp³-hybridized carbons (Fsp3) is 0.636. The molecule has 1 N–H and O–H groups in total. The van der Waals surface area contributed by atoms with Gasteiger partial charge in [-0.25, -0.2) is 8.42 Å². The van der Waals surface area contributed by atoms with Crippen LogP contribution in [0, 0.1) is 0 Å². The van der Waals surface area contributed by atoms with Gasteiger partial charge in [0.05, 0.1) is 10.5 Å². The van der Waals surface area contributed by atoms with E-state index in [-0.39, 0.29) is 29.7 Å². The summed E-state index contributed by atoms with van der Waals surface area (Å²) in [5.74, 6) is -0.289. The SMILES string of the molecule is CCN(CC)S(=O)(=O)c1ccc(N2CCCC2)c(C(=O)NCCC(=O)N2CCCC2)c1. The standard InChI is InChI=1S/C22H34N4O4S/c1-3-26(4-2)31(29,30)18-9-10-20(24-13-5-6-14-24)19(17-18)22(28)23-12-11-21(27)25-15-7-8-16-25/h9-10,17H,3-8,11-16H2,1-2H3,(H,23,28). The van der Waals surface area contributed by atoms with E-state index in [0.717, 1.165) is 57.5 Å². The maximum Gasteiger partial charge on any atom is 0.253 e. The number of nitrogens with one attached hydrogen (secondary N) is 1. The van der Waals surface area contributed by atoms with E-state index < -0.39 is 10.0 Å². The normalized spacial score (nSPS) is 16.9.